The fourth-order valence-electron chi connectivity index (χ4n) is 2.82. The average molecular weight is 483 g/mol. The second-order valence-corrected chi connectivity index (χ2v) is 8.78. The summed E-state index contributed by atoms with van der Waals surface area (Å²) in [6.07, 6.45) is 0.741. The summed E-state index contributed by atoms with van der Waals surface area (Å²) in [5, 5.41) is 12.1. The van der Waals surface area contributed by atoms with Gasteiger partial charge in [0.25, 0.3) is 0 Å². The molecular weight excluding hydrogens is 462 g/mol. The van der Waals surface area contributed by atoms with Gasteiger partial charge in [-0.15, -0.1) is 10.2 Å². The van der Waals surface area contributed by atoms with E-state index in [0.29, 0.717) is 34.8 Å². The number of hydrogen-bond acceptors (Lipinski definition) is 5. The highest BCUT2D eigenvalue weighted by molar-refractivity contribution is 8.00. The van der Waals surface area contributed by atoms with E-state index in [4.69, 9.17) is 27.9 Å². The molecule has 0 spiro atoms. The van der Waals surface area contributed by atoms with Gasteiger partial charge in [-0.1, -0.05) is 47.1 Å². The lowest BCUT2D eigenvalue weighted by molar-refractivity contribution is -0.115. The van der Waals surface area contributed by atoms with E-state index < -0.39 is 11.1 Å². The van der Waals surface area contributed by atoms with E-state index in [0.717, 1.165) is 18.1 Å². The van der Waals surface area contributed by atoms with E-state index >= 15 is 0 Å². The van der Waals surface area contributed by atoms with Gasteiger partial charge in [-0.3, -0.25) is 4.79 Å². The van der Waals surface area contributed by atoms with Crippen LogP contribution < -0.4 is 5.32 Å². The molecule has 1 atom stereocenters. The first-order valence-corrected chi connectivity index (χ1v) is 11.1. The highest BCUT2D eigenvalue weighted by Gasteiger charge is 2.22. The van der Waals surface area contributed by atoms with Crippen LogP contribution in [0.15, 0.2) is 47.6 Å². The topological polar surface area (TPSA) is 69.0 Å². The molecule has 0 aliphatic carbocycles. The monoisotopic (exact) mass is 482 g/mol. The molecule has 0 saturated carbocycles. The van der Waals surface area contributed by atoms with Gasteiger partial charge in [0.15, 0.2) is 11.0 Å². The van der Waals surface area contributed by atoms with Gasteiger partial charge < -0.3 is 14.6 Å². The molecule has 1 N–H and O–H groups in total. The van der Waals surface area contributed by atoms with Gasteiger partial charge in [-0.05, 0) is 43.7 Å². The minimum Gasteiger partial charge on any atom is -0.385 e. The number of carbonyl (C=O) groups excluding carboxylic acids is 1. The second kappa shape index (κ2) is 10.9. The largest absolute Gasteiger partial charge is 0.385 e. The number of aromatic nitrogens is 3. The van der Waals surface area contributed by atoms with E-state index in [2.05, 4.69) is 15.5 Å². The number of nitrogens with zero attached hydrogens (tertiary/aromatic N) is 3. The molecule has 6 nitrogen and oxygen atoms in total. The number of ether oxygens (including phenoxy) is 1. The number of rotatable bonds is 9. The SMILES string of the molecule is COCCCn1c(SC(C)C(=O)Nc2ccc(F)cc2Cl)nnc1-c1ccccc1Cl. The first-order valence-electron chi connectivity index (χ1n) is 9.50. The van der Waals surface area contributed by atoms with Crippen LogP contribution in [-0.2, 0) is 16.1 Å². The van der Waals surface area contributed by atoms with Crippen LogP contribution in [0.25, 0.3) is 11.4 Å². The molecule has 0 aliphatic heterocycles. The van der Waals surface area contributed by atoms with Crippen LogP contribution in [0, 0.1) is 5.82 Å². The Morgan fingerprint density at radius 3 is 2.71 bits per heavy atom. The van der Waals surface area contributed by atoms with E-state index in [1.54, 1.807) is 20.1 Å². The number of thioether (sulfide) groups is 1. The normalized spacial score (nSPS) is 12.0. The van der Waals surface area contributed by atoms with E-state index in [1.165, 1.54) is 23.9 Å². The molecular formula is C21H21Cl2FN4O2S. The van der Waals surface area contributed by atoms with Crippen molar-refractivity contribution in [3.05, 3.63) is 58.3 Å². The van der Waals surface area contributed by atoms with Crippen LogP contribution in [0.1, 0.15) is 13.3 Å². The maximum Gasteiger partial charge on any atom is 0.237 e. The molecule has 164 valence electrons. The third-order valence-electron chi connectivity index (χ3n) is 4.40. The predicted octanol–water partition coefficient (Wildman–Crippen LogP) is 5.55. The maximum absolute atomic E-state index is 13.2. The minimum absolute atomic E-state index is 0.134. The molecule has 3 aromatic rings. The van der Waals surface area contributed by atoms with Crippen LogP contribution in [0.4, 0.5) is 10.1 Å². The summed E-state index contributed by atoms with van der Waals surface area (Å²) in [6.45, 7) is 2.92. The summed E-state index contributed by atoms with van der Waals surface area (Å²) in [7, 11) is 1.64. The van der Waals surface area contributed by atoms with Gasteiger partial charge >= 0.3 is 0 Å². The Morgan fingerprint density at radius 2 is 2.00 bits per heavy atom. The molecule has 31 heavy (non-hydrogen) atoms. The lowest BCUT2D eigenvalue weighted by Crippen LogP contribution is -2.23. The molecule has 0 fully saturated rings. The van der Waals surface area contributed by atoms with E-state index in [-0.39, 0.29) is 10.9 Å². The Bertz CT molecular complexity index is 1060. The molecule has 1 aromatic heterocycles. The van der Waals surface area contributed by atoms with Gasteiger partial charge in [0.2, 0.25) is 5.91 Å². The summed E-state index contributed by atoms with van der Waals surface area (Å²) in [6, 6.07) is 11.2. The number of amides is 1. The molecule has 0 aliphatic rings. The molecule has 2 aromatic carbocycles. The Balaban J connectivity index is 1.80. The predicted molar refractivity (Wildman–Crippen MR) is 122 cm³/mol. The standard InChI is InChI=1S/C21H21Cl2FN4O2S/c1-13(20(29)25-18-9-8-14(24)12-17(18)23)31-21-27-26-19(28(21)10-5-11-30-2)15-6-3-4-7-16(15)22/h3-4,6-9,12-13H,5,10-11H2,1-2H3,(H,25,29). The number of hydrogen-bond donors (Lipinski definition) is 1. The molecule has 1 unspecified atom stereocenters. The van der Waals surface area contributed by atoms with Crippen molar-refractivity contribution in [1.82, 2.24) is 14.8 Å². The number of benzene rings is 2. The lowest BCUT2D eigenvalue weighted by atomic mass is 10.2. The maximum atomic E-state index is 13.2. The quantitative estimate of drug-likeness (QED) is 0.320. The van der Waals surface area contributed by atoms with Crippen molar-refractivity contribution in [3.63, 3.8) is 0 Å². The van der Waals surface area contributed by atoms with Gasteiger partial charge in [-0.25, -0.2) is 4.39 Å². The lowest BCUT2D eigenvalue weighted by Gasteiger charge is -2.14. The zero-order chi connectivity index (χ0) is 22.4. The zero-order valence-electron chi connectivity index (χ0n) is 16.9. The van der Waals surface area contributed by atoms with E-state index in [1.807, 2.05) is 22.8 Å². The Morgan fingerprint density at radius 1 is 1.23 bits per heavy atom. The first kappa shape index (κ1) is 23.5. The van der Waals surface area contributed by atoms with Crippen molar-refractivity contribution in [1.29, 1.82) is 0 Å². The van der Waals surface area contributed by atoms with Crippen molar-refractivity contribution in [3.8, 4) is 11.4 Å². The van der Waals surface area contributed by atoms with Gasteiger partial charge in [0, 0.05) is 25.8 Å². The molecule has 10 heteroatoms. The van der Waals surface area contributed by atoms with Crippen LogP contribution in [0.2, 0.25) is 10.0 Å². The first-order chi connectivity index (χ1) is 14.9. The fraction of sp³-hybridized carbons (Fsp3) is 0.286. The fourth-order valence-corrected chi connectivity index (χ4v) is 4.13. The average Bonchev–Trinajstić information content (AvgIpc) is 3.12. The molecule has 3 rings (SSSR count). The number of anilines is 1. The van der Waals surface area contributed by atoms with Gasteiger partial charge in [0.1, 0.15) is 5.82 Å². The van der Waals surface area contributed by atoms with Crippen molar-refractivity contribution < 1.29 is 13.9 Å². The summed E-state index contributed by atoms with van der Waals surface area (Å²) < 4.78 is 20.3. The number of methoxy groups -OCH3 is 1. The van der Waals surface area contributed by atoms with Crippen molar-refractivity contribution in [2.45, 2.75) is 30.3 Å². The number of carbonyl (C=O) groups is 1. The molecule has 0 radical (unpaired) electrons. The minimum atomic E-state index is -0.509. The summed E-state index contributed by atoms with van der Waals surface area (Å²) in [4.78, 5) is 12.7. The van der Waals surface area contributed by atoms with Gasteiger partial charge in [-0.2, -0.15) is 0 Å². The van der Waals surface area contributed by atoms with Crippen molar-refractivity contribution in [2.75, 3.05) is 19.0 Å². The Hall–Kier alpha value is -2.13. The molecule has 1 amide bonds. The number of nitrogens with one attached hydrogen (secondary N) is 1. The van der Waals surface area contributed by atoms with Crippen LogP contribution in [0.5, 0.6) is 0 Å². The van der Waals surface area contributed by atoms with E-state index in [9.17, 15) is 9.18 Å². The third-order valence-corrected chi connectivity index (χ3v) is 6.12. The number of halogens is 3. The van der Waals surface area contributed by atoms with Gasteiger partial charge in [0.05, 0.1) is 21.0 Å². The Labute approximate surface area is 194 Å². The van der Waals surface area contributed by atoms with Crippen LogP contribution in [-0.4, -0.2) is 39.6 Å². The summed E-state index contributed by atoms with van der Waals surface area (Å²) in [5.74, 6) is -0.135. The molecule has 0 saturated heterocycles. The summed E-state index contributed by atoms with van der Waals surface area (Å²) >= 11 is 13.6. The van der Waals surface area contributed by atoms with Crippen LogP contribution >= 0.6 is 35.0 Å². The second-order valence-electron chi connectivity index (χ2n) is 6.66. The Kier molecular flexibility index (Phi) is 8.31. The zero-order valence-corrected chi connectivity index (χ0v) is 19.3. The molecule has 0 bridgehead atoms. The third kappa shape index (κ3) is 5.98. The van der Waals surface area contributed by atoms with Crippen molar-refractivity contribution >= 4 is 46.6 Å². The van der Waals surface area contributed by atoms with Crippen LogP contribution in [0.3, 0.4) is 0 Å². The molecule has 1 heterocycles. The van der Waals surface area contributed by atoms with Crippen molar-refractivity contribution in [2.24, 2.45) is 0 Å². The summed E-state index contributed by atoms with van der Waals surface area (Å²) in [5.41, 5.74) is 1.11. The highest BCUT2D eigenvalue weighted by atomic mass is 35.5. The smallest absolute Gasteiger partial charge is 0.237 e. The highest BCUT2D eigenvalue weighted by Crippen LogP contribution is 2.31.